The second-order valence-corrected chi connectivity index (χ2v) is 14.6. The summed E-state index contributed by atoms with van der Waals surface area (Å²) in [5, 5.41) is 11.2. The Labute approximate surface area is 314 Å². The maximum absolute atomic E-state index is 14.4. The van der Waals surface area contributed by atoms with E-state index >= 15 is 0 Å². The summed E-state index contributed by atoms with van der Waals surface area (Å²) in [4.78, 5) is 49.2. The van der Waals surface area contributed by atoms with Crippen LogP contribution in [0.2, 0.25) is 0 Å². The number of pyridine rings is 1. The van der Waals surface area contributed by atoms with Gasteiger partial charge in [-0.3, -0.25) is 14.4 Å². The van der Waals surface area contributed by atoms with E-state index in [1.54, 1.807) is 41.4 Å². The summed E-state index contributed by atoms with van der Waals surface area (Å²) >= 11 is 0. The van der Waals surface area contributed by atoms with E-state index in [1.165, 1.54) is 27.8 Å². The number of piperidine rings is 1. The number of hydrogen-bond acceptors (Lipinski definition) is 8. The number of fused-ring (bicyclic) bond motifs is 8. The van der Waals surface area contributed by atoms with Crippen molar-refractivity contribution in [2.75, 3.05) is 26.2 Å². The minimum absolute atomic E-state index is 0.0124. The average molecular weight is 764 g/mol. The van der Waals surface area contributed by atoms with Gasteiger partial charge in [-0.1, -0.05) is 17.3 Å². The van der Waals surface area contributed by atoms with Crippen molar-refractivity contribution in [3.8, 4) is 22.8 Å². The van der Waals surface area contributed by atoms with Crippen LogP contribution in [0.15, 0.2) is 66.9 Å². The molecule has 55 heavy (non-hydrogen) atoms. The zero-order valence-electron chi connectivity index (χ0n) is 30.3. The van der Waals surface area contributed by atoms with Crippen LogP contribution in [0.5, 0.6) is 5.88 Å². The third-order valence-corrected chi connectivity index (χ3v) is 10.3. The first-order chi connectivity index (χ1) is 26.3. The molecule has 0 radical (unpaired) electrons. The van der Waals surface area contributed by atoms with Gasteiger partial charge in [0.1, 0.15) is 17.6 Å². The van der Waals surface area contributed by atoms with Gasteiger partial charge < -0.3 is 24.6 Å². The number of benzene rings is 2. The second-order valence-electron chi connectivity index (χ2n) is 14.6. The van der Waals surface area contributed by atoms with Gasteiger partial charge in [0.25, 0.3) is 5.91 Å². The Morgan fingerprint density at radius 3 is 2.58 bits per heavy atom. The van der Waals surface area contributed by atoms with Crippen LogP contribution in [0.4, 0.5) is 17.6 Å². The SMILES string of the molecule is CC(C)NC(=O)C[C@@H]1CCN2C[C@@H]1CCOc1cc(C(F)(F)F)cc(n1)-c1cccc(c1)C(=O)N1C[C@H](OCc3cn(-c4ccc(F)cc4)nn3)C[C@H]1C2=O. The lowest BCUT2D eigenvalue weighted by Gasteiger charge is -2.40. The van der Waals surface area contributed by atoms with Crippen LogP contribution >= 0.6 is 0 Å². The molecule has 1 N–H and O–H groups in total. The molecule has 2 aromatic carbocycles. The van der Waals surface area contributed by atoms with Crippen molar-refractivity contribution in [2.45, 2.75) is 70.5 Å². The minimum Gasteiger partial charge on any atom is -0.478 e. The first-order valence-electron chi connectivity index (χ1n) is 18.3. The fourth-order valence-corrected chi connectivity index (χ4v) is 7.55. The highest BCUT2D eigenvalue weighted by Gasteiger charge is 2.44. The van der Waals surface area contributed by atoms with Crippen molar-refractivity contribution < 1.29 is 41.4 Å². The van der Waals surface area contributed by atoms with Gasteiger partial charge in [-0.2, -0.15) is 13.2 Å². The zero-order chi connectivity index (χ0) is 38.9. The number of rotatable bonds is 7. The number of nitrogens with zero attached hydrogens (tertiary/aromatic N) is 6. The van der Waals surface area contributed by atoms with Crippen molar-refractivity contribution in [3.05, 3.63) is 89.5 Å². The topological polar surface area (TPSA) is 132 Å². The Bertz CT molecular complexity index is 2040. The molecule has 0 unspecified atom stereocenters. The first-order valence-corrected chi connectivity index (χ1v) is 18.3. The van der Waals surface area contributed by atoms with Crippen LogP contribution in [-0.2, 0) is 27.1 Å². The van der Waals surface area contributed by atoms with Crippen LogP contribution in [0.1, 0.15) is 61.1 Å². The van der Waals surface area contributed by atoms with E-state index in [0.717, 1.165) is 12.1 Å². The van der Waals surface area contributed by atoms with Gasteiger partial charge in [-0.15, -0.1) is 5.10 Å². The van der Waals surface area contributed by atoms with Crippen LogP contribution < -0.4 is 10.1 Å². The number of alkyl halides is 3. The molecular formula is C39H41F4N7O5. The maximum Gasteiger partial charge on any atom is 0.416 e. The predicted octanol–water partition coefficient (Wildman–Crippen LogP) is 5.45. The molecular weight excluding hydrogens is 722 g/mol. The molecule has 3 amide bonds. The van der Waals surface area contributed by atoms with Gasteiger partial charge >= 0.3 is 6.18 Å². The quantitative estimate of drug-likeness (QED) is 0.246. The highest BCUT2D eigenvalue weighted by molar-refractivity contribution is 5.99. The minimum atomic E-state index is -4.68. The zero-order valence-corrected chi connectivity index (χ0v) is 30.3. The number of ether oxygens (including phenoxy) is 2. The van der Waals surface area contributed by atoms with Crippen molar-refractivity contribution >= 4 is 17.7 Å². The number of aromatic nitrogens is 4. The van der Waals surface area contributed by atoms with E-state index in [-0.39, 0.29) is 97.4 Å². The Morgan fingerprint density at radius 1 is 1.04 bits per heavy atom. The summed E-state index contributed by atoms with van der Waals surface area (Å²) in [6, 6.07) is 12.7. The summed E-state index contributed by atoms with van der Waals surface area (Å²) in [5.74, 6) is -1.79. The highest BCUT2D eigenvalue weighted by Crippen LogP contribution is 2.36. The molecule has 5 heterocycles. The molecule has 3 aliphatic heterocycles. The van der Waals surface area contributed by atoms with Crippen LogP contribution in [-0.4, -0.2) is 91.9 Å². The third-order valence-electron chi connectivity index (χ3n) is 10.3. The average Bonchev–Trinajstić information content (AvgIpc) is 3.81. The largest absolute Gasteiger partial charge is 0.478 e. The van der Waals surface area contributed by atoms with Gasteiger partial charge in [-0.05, 0) is 81.0 Å². The maximum atomic E-state index is 14.4. The van der Waals surface area contributed by atoms with Gasteiger partial charge in [-0.25, -0.2) is 14.1 Å². The van der Waals surface area contributed by atoms with Crippen LogP contribution in [0.25, 0.3) is 16.9 Å². The Hall–Kier alpha value is -5.38. The van der Waals surface area contributed by atoms with E-state index < -0.39 is 29.8 Å². The van der Waals surface area contributed by atoms with Crippen molar-refractivity contribution in [2.24, 2.45) is 11.8 Å². The number of halogens is 4. The third kappa shape index (κ3) is 8.79. The molecule has 7 rings (SSSR count). The lowest BCUT2D eigenvalue weighted by Crippen LogP contribution is -2.52. The summed E-state index contributed by atoms with van der Waals surface area (Å²) in [7, 11) is 0. The molecule has 0 aliphatic carbocycles. The fraction of sp³-hybridized carbons (Fsp3) is 0.436. The molecule has 16 heteroatoms. The molecule has 2 aromatic heterocycles. The standard InChI is InChI=1S/C39H41F4N7O5/c1-23(2)44-35(51)15-24-10-12-48-19-27(24)11-13-54-36-17-28(39(41,42)43)16-33(45-36)25-4-3-5-26(14-25)37(52)49-21-32(18-34(49)38(48)53)55-22-30-20-50(47-46-30)31-8-6-29(40)7-9-31/h3-9,14,16-17,20,23-24,27,32,34H,10-13,15,18-19,21-22H2,1-2H3,(H,44,51)/t24-,27-,32+,34-/m0/s1. The van der Waals surface area contributed by atoms with E-state index in [4.69, 9.17) is 9.47 Å². The van der Waals surface area contributed by atoms with E-state index in [1.807, 2.05) is 13.8 Å². The molecule has 4 atom stereocenters. The lowest BCUT2D eigenvalue weighted by atomic mass is 9.80. The fourth-order valence-electron chi connectivity index (χ4n) is 7.55. The summed E-state index contributed by atoms with van der Waals surface area (Å²) in [6.45, 7) is 4.48. The Morgan fingerprint density at radius 2 is 1.82 bits per heavy atom. The second kappa shape index (κ2) is 15.8. The van der Waals surface area contributed by atoms with Crippen LogP contribution in [0.3, 0.4) is 0 Å². The highest BCUT2D eigenvalue weighted by atomic mass is 19.4. The molecule has 290 valence electrons. The van der Waals surface area contributed by atoms with E-state index in [2.05, 4.69) is 20.6 Å². The predicted molar refractivity (Wildman–Crippen MR) is 190 cm³/mol. The lowest BCUT2D eigenvalue weighted by molar-refractivity contribution is -0.139. The molecule has 0 saturated carbocycles. The molecule has 6 bridgehead atoms. The smallest absolute Gasteiger partial charge is 0.416 e. The first kappa shape index (κ1) is 37.9. The number of carbonyl (C=O) groups excluding carboxylic acids is 3. The Balaban J connectivity index is 1.18. The molecule has 12 nitrogen and oxygen atoms in total. The van der Waals surface area contributed by atoms with E-state index in [9.17, 15) is 31.9 Å². The summed E-state index contributed by atoms with van der Waals surface area (Å²) < 4.78 is 69.2. The number of carbonyl (C=O) groups is 3. The molecule has 4 aromatic rings. The van der Waals surface area contributed by atoms with Crippen LogP contribution in [0, 0.1) is 17.7 Å². The monoisotopic (exact) mass is 763 g/mol. The number of nitrogens with one attached hydrogen (secondary N) is 1. The van der Waals surface area contributed by atoms with Gasteiger partial charge in [0.2, 0.25) is 17.7 Å². The number of hydrogen-bond donors (Lipinski definition) is 1. The number of amides is 3. The molecule has 0 spiro atoms. The molecule has 2 saturated heterocycles. The summed E-state index contributed by atoms with van der Waals surface area (Å²) in [6.07, 6.45) is -2.32. The Kier molecular flexibility index (Phi) is 10.9. The van der Waals surface area contributed by atoms with E-state index in [0.29, 0.717) is 30.8 Å². The van der Waals surface area contributed by atoms with Gasteiger partial charge in [0.05, 0.1) is 42.5 Å². The van der Waals surface area contributed by atoms with Crippen molar-refractivity contribution in [3.63, 3.8) is 0 Å². The van der Waals surface area contributed by atoms with Gasteiger partial charge in [0, 0.05) is 55.7 Å². The van der Waals surface area contributed by atoms with Crippen molar-refractivity contribution in [1.29, 1.82) is 0 Å². The van der Waals surface area contributed by atoms with Crippen molar-refractivity contribution in [1.82, 2.24) is 35.1 Å². The van der Waals surface area contributed by atoms with Gasteiger partial charge in [0.15, 0.2) is 0 Å². The molecule has 2 fully saturated rings. The normalized spacial score (nSPS) is 21.7. The molecule has 3 aliphatic rings. The summed E-state index contributed by atoms with van der Waals surface area (Å²) in [5.41, 5.74) is 0.552.